The minimum atomic E-state index is -0.186. The maximum absolute atomic E-state index is 12.2. The van der Waals surface area contributed by atoms with Crippen LogP contribution in [0.2, 0.25) is 5.02 Å². The van der Waals surface area contributed by atoms with Gasteiger partial charge in [-0.05, 0) is 18.5 Å². The van der Waals surface area contributed by atoms with E-state index in [0.29, 0.717) is 29.4 Å². The lowest BCUT2D eigenvalue weighted by Crippen LogP contribution is -2.31. The Morgan fingerprint density at radius 2 is 2.19 bits per heavy atom. The second kappa shape index (κ2) is 8.02. The lowest BCUT2D eigenvalue weighted by atomic mass is 10.1. The highest BCUT2D eigenvalue weighted by molar-refractivity contribution is 6.33. The Balaban J connectivity index is 0.00000220. The summed E-state index contributed by atoms with van der Waals surface area (Å²) in [6, 6.07) is 7.32. The maximum atomic E-state index is 12.2. The van der Waals surface area contributed by atoms with Crippen LogP contribution in [0, 0.1) is 5.92 Å². The van der Waals surface area contributed by atoms with Crippen molar-refractivity contribution in [3.05, 3.63) is 41.0 Å². The third-order valence-electron chi connectivity index (χ3n) is 3.04. The molecular formula is C14H18Cl2N4O. The number of H-pyrrole nitrogens is 1. The monoisotopic (exact) mass is 328 g/mol. The van der Waals surface area contributed by atoms with Crippen LogP contribution in [0.1, 0.15) is 17.3 Å². The summed E-state index contributed by atoms with van der Waals surface area (Å²) in [6.07, 6.45) is 1.50. The molecule has 1 heterocycles. The van der Waals surface area contributed by atoms with Crippen molar-refractivity contribution in [2.24, 2.45) is 11.7 Å². The zero-order valence-corrected chi connectivity index (χ0v) is 13.2. The van der Waals surface area contributed by atoms with E-state index in [1.54, 1.807) is 6.07 Å². The first kappa shape index (κ1) is 17.5. The molecule has 1 atom stereocenters. The summed E-state index contributed by atoms with van der Waals surface area (Å²) in [5.74, 6) is 0.0450. The first-order chi connectivity index (χ1) is 9.63. The average Bonchev–Trinajstić information content (AvgIpc) is 2.94. The standard InChI is InChI=1S/C14H17ClN4O.ClH/c1-9(6-16)7-17-14(20)11-8-18-19-13(11)10-4-2-3-5-12(10)15;/h2-5,8-9H,6-7,16H2,1H3,(H,17,20)(H,18,19);1H. The van der Waals surface area contributed by atoms with Crippen molar-refractivity contribution in [2.75, 3.05) is 13.1 Å². The highest BCUT2D eigenvalue weighted by Crippen LogP contribution is 2.28. The summed E-state index contributed by atoms with van der Waals surface area (Å²) in [7, 11) is 0. The van der Waals surface area contributed by atoms with Crippen molar-refractivity contribution < 1.29 is 4.79 Å². The molecule has 21 heavy (non-hydrogen) atoms. The van der Waals surface area contributed by atoms with E-state index in [4.69, 9.17) is 17.3 Å². The molecule has 7 heteroatoms. The minimum absolute atomic E-state index is 0. The van der Waals surface area contributed by atoms with E-state index in [2.05, 4.69) is 15.5 Å². The minimum Gasteiger partial charge on any atom is -0.352 e. The zero-order chi connectivity index (χ0) is 14.5. The normalized spacial score (nSPS) is 11.6. The molecule has 0 radical (unpaired) electrons. The number of hydrogen-bond acceptors (Lipinski definition) is 3. The van der Waals surface area contributed by atoms with Crippen molar-refractivity contribution in [3.8, 4) is 11.3 Å². The van der Waals surface area contributed by atoms with E-state index >= 15 is 0 Å². The highest BCUT2D eigenvalue weighted by atomic mass is 35.5. The molecule has 1 aromatic heterocycles. The van der Waals surface area contributed by atoms with Gasteiger partial charge in [-0.3, -0.25) is 9.89 Å². The molecule has 2 aromatic rings. The molecule has 0 aliphatic heterocycles. The van der Waals surface area contributed by atoms with Gasteiger partial charge in [0.15, 0.2) is 0 Å². The van der Waals surface area contributed by atoms with E-state index in [-0.39, 0.29) is 24.2 Å². The lowest BCUT2D eigenvalue weighted by Gasteiger charge is -2.10. The smallest absolute Gasteiger partial charge is 0.255 e. The van der Waals surface area contributed by atoms with Gasteiger partial charge in [-0.2, -0.15) is 5.10 Å². The fraction of sp³-hybridized carbons (Fsp3) is 0.286. The van der Waals surface area contributed by atoms with Gasteiger partial charge in [-0.25, -0.2) is 0 Å². The zero-order valence-electron chi connectivity index (χ0n) is 11.6. The van der Waals surface area contributed by atoms with Gasteiger partial charge in [0.1, 0.15) is 0 Å². The molecular weight excluding hydrogens is 311 g/mol. The third-order valence-corrected chi connectivity index (χ3v) is 3.37. The molecule has 5 nitrogen and oxygen atoms in total. The molecule has 0 bridgehead atoms. The number of hydrogen-bond donors (Lipinski definition) is 3. The van der Waals surface area contributed by atoms with E-state index in [1.165, 1.54) is 6.20 Å². The van der Waals surface area contributed by atoms with E-state index in [0.717, 1.165) is 5.56 Å². The van der Waals surface area contributed by atoms with Crippen LogP contribution < -0.4 is 11.1 Å². The van der Waals surface area contributed by atoms with Crippen molar-refractivity contribution in [3.63, 3.8) is 0 Å². The van der Waals surface area contributed by atoms with Crippen molar-refractivity contribution in [1.29, 1.82) is 0 Å². The quantitative estimate of drug-likeness (QED) is 0.788. The maximum Gasteiger partial charge on any atom is 0.255 e. The van der Waals surface area contributed by atoms with E-state index in [9.17, 15) is 4.79 Å². The Morgan fingerprint density at radius 3 is 2.86 bits per heavy atom. The Morgan fingerprint density at radius 1 is 1.48 bits per heavy atom. The van der Waals surface area contributed by atoms with Gasteiger partial charge >= 0.3 is 0 Å². The Bertz CT molecular complexity index is 600. The highest BCUT2D eigenvalue weighted by Gasteiger charge is 2.17. The molecule has 0 spiro atoms. The Labute approximate surface area is 134 Å². The van der Waals surface area contributed by atoms with Gasteiger partial charge in [0.2, 0.25) is 0 Å². The molecule has 114 valence electrons. The Hall–Kier alpha value is -1.56. The summed E-state index contributed by atoms with van der Waals surface area (Å²) < 4.78 is 0. The van der Waals surface area contributed by atoms with Crippen LogP contribution in [0.15, 0.2) is 30.5 Å². The van der Waals surface area contributed by atoms with Crippen molar-refractivity contribution in [1.82, 2.24) is 15.5 Å². The van der Waals surface area contributed by atoms with Crippen LogP contribution in [0.5, 0.6) is 0 Å². The van der Waals surface area contributed by atoms with Gasteiger partial charge in [0.25, 0.3) is 5.91 Å². The number of rotatable bonds is 5. The van der Waals surface area contributed by atoms with Crippen molar-refractivity contribution in [2.45, 2.75) is 6.92 Å². The van der Waals surface area contributed by atoms with Crippen LogP contribution in [0.25, 0.3) is 11.3 Å². The Kier molecular flexibility index (Phi) is 6.68. The number of nitrogens with one attached hydrogen (secondary N) is 2. The summed E-state index contributed by atoms with van der Waals surface area (Å²) in [6.45, 7) is 3.04. The molecule has 0 aliphatic rings. The average molecular weight is 329 g/mol. The predicted octanol–water partition coefficient (Wildman–Crippen LogP) is 2.48. The first-order valence-corrected chi connectivity index (χ1v) is 6.77. The van der Waals surface area contributed by atoms with Gasteiger partial charge < -0.3 is 11.1 Å². The number of aromatic nitrogens is 2. The number of benzene rings is 1. The summed E-state index contributed by atoms with van der Waals surface area (Å²) >= 11 is 6.15. The lowest BCUT2D eigenvalue weighted by molar-refractivity contribution is 0.0949. The molecule has 0 fully saturated rings. The van der Waals surface area contributed by atoms with Gasteiger partial charge in [-0.15, -0.1) is 12.4 Å². The number of aromatic amines is 1. The number of nitrogens with zero attached hydrogens (tertiary/aromatic N) is 1. The third kappa shape index (κ3) is 4.20. The SMILES string of the molecule is CC(CN)CNC(=O)c1cn[nH]c1-c1ccccc1Cl.Cl. The molecule has 1 amide bonds. The van der Waals surface area contributed by atoms with Gasteiger partial charge in [0, 0.05) is 17.1 Å². The largest absolute Gasteiger partial charge is 0.352 e. The van der Waals surface area contributed by atoms with Crippen LogP contribution in [0.4, 0.5) is 0 Å². The van der Waals surface area contributed by atoms with Crippen LogP contribution in [0.3, 0.4) is 0 Å². The number of carbonyl (C=O) groups excluding carboxylic acids is 1. The topological polar surface area (TPSA) is 83.8 Å². The van der Waals surface area contributed by atoms with Crippen LogP contribution in [-0.4, -0.2) is 29.2 Å². The summed E-state index contributed by atoms with van der Waals surface area (Å²) in [5.41, 5.74) is 7.38. The van der Waals surface area contributed by atoms with Crippen molar-refractivity contribution >= 4 is 29.9 Å². The summed E-state index contributed by atoms with van der Waals surface area (Å²) in [5, 5.41) is 10.2. The number of halogens is 2. The second-order valence-corrected chi connectivity index (χ2v) is 5.10. The fourth-order valence-corrected chi connectivity index (χ4v) is 2.00. The number of nitrogens with two attached hydrogens (primary N) is 1. The molecule has 1 unspecified atom stereocenters. The first-order valence-electron chi connectivity index (χ1n) is 6.40. The fourth-order valence-electron chi connectivity index (χ4n) is 1.77. The number of amides is 1. The second-order valence-electron chi connectivity index (χ2n) is 4.69. The van der Waals surface area contributed by atoms with Gasteiger partial charge in [0.05, 0.1) is 17.5 Å². The molecule has 1 aromatic carbocycles. The molecule has 4 N–H and O–H groups in total. The van der Waals surface area contributed by atoms with E-state index in [1.807, 2.05) is 25.1 Å². The predicted molar refractivity (Wildman–Crippen MR) is 86.8 cm³/mol. The molecule has 0 saturated heterocycles. The summed E-state index contributed by atoms with van der Waals surface area (Å²) in [4.78, 5) is 12.2. The molecule has 0 aliphatic carbocycles. The molecule has 2 rings (SSSR count). The van der Waals surface area contributed by atoms with E-state index < -0.39 is 0 Å². The molecule has 0 saturated carbocycles. The van der Waals surface area contributed by atoms with Gasteiger partial charge in [-0.1, -0.05) is 36.7 Å². The van der Waals surface area contributed by atoms with Crippen LogP contribution >= 0.6 is 24.0 Å². The van der Waals surface area contributed by atoms with Crippen LogP contribution in [-0.2, 0) is 0 Å². The number of carbonyl (C=O) groups is 1.